The number of carboxylic acid groups (broad SMARTS) is 2. The van der Waals surface area contributed by atoms with Gasteiger partial charge in [-0.3, -0.25) is 19.1 Å². The highest BCUT2D eigenvalue weighted by atomic mass is 35.5. The molecular formula is C33H29ClF8N6O8. The molecule has 0 aliphatic rings. The molecule has 4 aromatic rings. The number of hydrogen-bond donors (Lipinski definition) is 5. The molecule has 0 radical (unpaired) electrons. The van der Waals surface area contributed by atoms with E-state index in [0.29, 0.717) is 0 Å². The summed E-state index contributed by atoms with van der Waals surface area (Å²) >= 11 is 6.13. The summed E-state index contributed by atoms with van der Waals surface area (Å²) in [6, 6.07) is 19.5. The van der Waals surface area contributed by atoms with E-state index in [0.717, 1.165) is 27.5 Å². The predicted molar refractivity (Wildman–Crippen MR) is 178 cm³/mol. The first-order valence-electron chi connectivity index (χ1n) is 15.3. The van der Waals surface area contributed by atoms with Gasteiger partial charge in [-0.25, -0.2) is 23.4 Å². The number of benzene rings is 2. The van der Waals surface area contributed by atoms with E-state index in [1.165, 1.54) is 12.3 Å². The van der Waals surface area contributed by atoms with Crippen molar-refractivity contribution < 1.29 is 69.3 Å². The first-order valence-corrected chi connectivity index (χ1v) is 15.7. The van der Waals surface area contributed by atoms with E-state index < -0.39 is 60.9 Å². The fourth-order valence-electron chi connectivity index (χ4n) is 3.98. The number of aromatic nitrogens is 3. The van der Waals surface area contributed by atoms with Crippen LogP contribution < -0.4 is 26.6 Å². The monoisotopic (exact) mass is 824 g/mol. The molecule has 2 amide bonds. The zero-order valence-corrected chi connectivity index (χ0v) is 28.9. The molecule has 2 aromatic carbocycles. The Morgan fingerprint density at radius 1 is 0.911 bits per heavy atom. The van der Waals surface area contributed by atoms with Crippen molar-refractivity contribution in [2.24, 2.45) is 0 Å². The number of carbonyl (C=O) groups is 4. The molecule has 56 heavy (non-hydrogen) atoms. The van der Waals surface area contributed by atoms with E-state index >= 15 is 0 Å². The summed E-state index contributed by atoms with van der Waals surface area (Å²) < 4.78 is 97.0. The van der Waals surface area contributed by atoms with Crippen LogP contribution in [0.1, 0.15) is 28.4 Å². The quantitative estimate of drug-likeness (QED) is 0.0992. The molecule has 0 saturated heterocycles. The molecule has 0 aliphatic heterocycles. The first-order chi connectivity index (χ1) is 26.2. The first kappa shape index (κ1) is 45.8. The van der Waals surface area contributed by atoms with Gasteiger partial charge in [0.15, 0.2) is 11.9 Å². The van der Waals surface area contributed by atoms with Gasteiger partial charge in [0.1, 0.15) is 36.2 Å². The number of hydrogen-bond acceptors (Lipinski definition) is 9. The number of pyridine rings is 1. The molecule has 2 aromatic heterocycles. The van der Waals surface area contributed by atoms with Crippen molar-refractivity contribution in [2.75, 3.05) is 5.32 Å². The zero-order valence-electron chi connectivity index (χ0n) is 28.2. The molecule has 0 spiro atoms. The molecule has 1 unspecified atom stereocenters. The fraction of sp³-hybridized carbons (Fsp3) is 0.242. The number of ether oxygens (including phenoxy) is 1. The summed E-state index contributed by atoms with van der Waals surface area (Å²) in [4.78, 5) is 62.2. The van der Waals surface area contributed by atoms with Crippen molar-refractivity contribution in [1.29, 1.82) is 0 Å². The number of anilines is 1. The molecule has 0 fully saturated rings. The fourth-order valence-corrected chi connectivity index (χ4v) is 4.16. The van der Waals surface area contributed by atoms with E-state index in [1.54, 1.807) is 36.4 Å². The highest BCUT2D eigenvalue weighted by Gasteiger charge is 2.38. The van der Waals surface area contributed by atoms with Crippen LogP contribution in [0.25, 0.3) is 0 Å². The summed E-state index contributed by atoms with van der Waals surface area (Å²) in [6.45, 7) is -0.0893. The number of carbonyl (C=O) groups excluding carboxylic acids is 3. The van der Waals surface area contributed by atoms with Gasteiger partial charge in [0.2, 0.25) is 5.91 Å². The van der Waals surface area contributed by atoms with Gasteiger partial charge in [-0.2, -0.15) is 26.3 Å². The number of nitrogens with one attached hydrogen (secondary N) is 4. The van der Waals surface area contributed by atoms with Crippen LogP contribution in [0.5, 0.6) is 0 Å². The van der Waals surface area contributed by atoms with E-state index in [1.807, 2.05) is 30.3 Å². The molecule has 2 heterocycles. The Hall–Kier alpha value is -6.32. The predicted octanol–water partition coefficient (Wildman–Crippen LogP) is 4.60. The molecule has 0 saturated carbocycles. The van der Waals surface area contributed by atoms with E-state index in [-0.39, 0.29) is 36.4 Å². The van der Waals surface area contributed by atoms with Crippen molar-refractivity contribution in [2.45, 2.75) is 51.1 Å². The Morgan fingerprint density at radius 2 is 1.46 bits per heavy atom. The lowest BCUT2D eigenvalue weighted by molar-refractivity contribution is -0.344. The third-order valence-corrected chi connectivity index (χ3v) is 6.93. The van der Waals surface area contributed by atoms with Crippen LogP contribution in [0.2, 0.25) is 5.15 Å². The van der Waals surface area contributed by atoms with Gasteiger partial charge >= 0.3 is 24.4 Å². The Bertz CT molecular complexity index is 1950. The van der Waals surface area contributed by atoms with Crippen LogP contribution in [0, 0.1) is 0 Å². The van der Waals surface area contributed by atoms with Crippen molar-refractivity contribution in [3.63, 3.8) is 0 Å². The summed E-state index contributed by atoms with van der Waals surface area (Å²) in [5.41, 5.74) is 1.64. The van der Waals surface area contributed by atoms with Crippen molar-refractivity contribution in [3.05, 3.63) is 123 Å². The Morgan fingerprint density at radius 3 is 1.96 bits per heavy atom. The van der Waals surface area contributed by atoms with Crippen molar-refractivity contribution >= 4 is 41.4 Å². The molecule has 4 rings (SSSR count). The molecule has 5 N–H and O–H groups in total. The number of aliphatic carboxylic acids is 2. The maximum atomic E-state index is 13.8. The van der Waals surface area contributed by atoms with Crippen molar-refractivity contribution in [3.8, 4) is 0 Å². The van der Waals surface area contributed by atoms with Crippen LogP contribution >= 0.6 is 11.6 Å². The van der Waals surface area contributed by atoms with E-state index in [4.69, 9.17) is 36.1 Å². The topological polar surface area (TPSA) is 208 Å². The van der Waals surface area contributed by atoms with Crippen molar-refractivity contribution in [1.82, 2.24) is 25.2 Å². The van der Waals surface area contributed by atoms with Gasteiger partial charge in [-0.15, -0.1) is 0 Å². The summed E-state index contributed by atoms with van der Waals surface area (Å²) in [6.07, 6.45) is -11.1. The highest BCUT2D eigenvalue weighted by Crippen LogP contribution is 2.22. The lowest BCUT2D eigenvalue weighted by Crippen LogP contribution is -2.37. The number of aromatic amines is 1. The summed E-state index contributed by atoms with van der Waals surface area (Å²) in [7, 11) is 0. The van der Waals surface area contributed by atoms with Gasteiger partial charge < -0.3 is 35.7 Å². The van der Waals surface area contributed by atoms with E-state index in [2.05, 4.69) is 25.9 Å². The van der Waals surface area contributed by atoms with E-state index in [9.17, 15) is 49.5 Å². The molecule has 23 heteroatoms. The average molecular weight is 825 g/mol. The minimum atomic E-state index is -5.19. The lowest BCUT2D eigenvalue weighted by Gasteiger charge is -2.16. The highest BCUT2D eigenvalue weighted by molar-refractivity contribution is 6.29. The Labute approximate surface area is 315 Å². The maximum Gasteiger partial charge on any atom is 0.490 e. The number of alkyl halides is 8. The molecule has 302 valence electrons. The van der Waals surface area contributed by atoms with Crippen LogP contribution in [0.3, 0.4) is 0 Å². The van der Waals surface area contributed by atoms with Gasteiger partial charge in [-0.05, 0) is 16.7 Å². The summed E-state index contributed by atoms with van der Waals surface area (Å²) in [5, 5.41) is 23.6. The second-order valence-electron chi connectivity index (χ2n) is 10.6. The van der Waals surface area contributed by atoms with Gasteiger partial charge in [0, 0.05) is 19.2 Å². The van der Waals surface area contributed by atoms with Crippen LogP contribution in [0.4, 0.5) is 45.7 Å². The van der Waals surface area contributed by atoms with Gasteiger partial charge in [0.05, 0.1) is 18.3 Å². The maximum absolute atomic E-state index is 13.8. The molecular weight excluding hydrogens is 796 g/mol. The minimum absolute atomic E-state index is 0.0929. The Kier molecular flexibility index (Phi) is 17.6. The normalized spacial score (nSPS) is 11.5. The number of H-pyrrole nitrogens is 1. The SMILES string of the molecule is O=C(Cn1c(Cl)cnc(NC([c+]2cccc[nH]2)C(F)F)c1=O)NCc1ccccc1CNC(=O)OCc1ccccc1.O=C(O)C(F)(F)F.O=C([O-])C(F)(F)F. The third kappa shape index (κ3) is 16.0. The smallest absolute Gasteiger partial charge is 0.490 e. The number of nitrogens with zero attached hydrogens (tertiary/aromatic N) is 2. The number of amides is 2. The van der Waals surface area contributed by atoms with Crippen LogP contribution in [0.15, 0.2) is 90.0 Å². The third-order valence-electron chi connectivity index (χ3n) is 6.62. The standard InChI is InChI=1S/C29H27ClF2N6O4.2C2HF3O2/c30-23-16-35-27(37-25(26(31)32)22-12-6-7-13-33-22)28(40)38(23)17-24(39)34-14-20-10-4-5-11-21(20)15-36-29(41)42-18-19-8-2-1-3-9-19;2*3-2(4,5)1(6)7/h1-13,16,25-26,33H,14-15,17-18H2,(H2-,34,35,36,37,39,41);2*(H,6,7). The molecule has 14 nitrogen and oxygen atoms in total. The zero-order chi connectivity index (χ0) is 42.1. The minimum Gasteiger partial charge on any atom is -0.542 e. The Balaban J connectivity index is 0.000000657. The van der Waals surface area contributed by atoms with Crippen LogP contribution in [-0.4, -0.2) is 62.4 Å². The molecule has 1 atom stereocenters. The van der Waals surface area contributed by atoms with Gasteiger partial charge in [-0.1, -0.05) is 66.2 Å². The second kappa shape index (κ2) is 21.5. The second-order valence-corrected chi connectivity index (χ2v) is 11.0. The van der Waals surface area contributed by atoms with Gasteiger partial charge in [0.25, 0.3) is 12.0 Å². The average Bonchev–Trinajstić information content (AvgIpc) is 3.14. The lowest BCUT2D eigenvalue weighted by atomic mass is 10.1. The number of rotatable bonds is 12. The molecule has 0 aliphatic carbocycles. The van der Waals surface area contributed by atoms with Crippen LogP contribution in [-0.2, 0) is 45.4 Å². The largest absolute Gasteiger partial charge is 0.542 e. The summed E-state index contributed by atoms with van der Waals surface area (Å²) in [5.74, 6) is -6.70. The molecule has 0 bridgehead atoms. The number of alkyl carbamates (subject to hydrolysis) is 1. The number of carboxylic acids is 2. The number of halogens is 9.